The van der Waals surface area contributed by atoms with Crippen molar-refractivity contribution in [3.8, 4) is 6.19 Å². The van der Waals surface area contributed by atoms with Crippen LogP contribution in [0.25, 0.3) is 0 Å². The minimum Gasteiger partial charge on any atom is -0.301 e. The first-order chi connectivity index (χ1) is 9.08. The number of benzene rings is 1. The third-order valence-corrected chi connectivity index (χ3v) is 3.25. The number of amides is 2. The maximum Gasteiger partial charge on any atom is 0.332 e. The van der Waals surface area contributed by atoms with Gasteiger partial charge < -0.3 is 5.32 Å². The highest BCUT2D eigenvalue weighted by molar-refractivity contribution is 7.99. The van der Waals surface area contributed by atoms with Gasteiger partial charge in [-0.1, -0.05) is 6.92 Å². The molecule has 0 fully saturated rings. The molecule has 100 valence electrons. The van der Waals surface area contributed by atoms with E-state index in [2.05, 4.69) is 5.32 Å². The van der Waals surface area contributed by atoms with Gasteiger partial charge in [0.25, 0.3) is 5.69 Å². The molecule has 1 rings (SSSR count). The van der Waals surface area contributed by atoms with Crippen LogP contribution in [0, 0.1) is 21.6 Å². The quantitative estimate of drug-likeness (QED) is 0.283. The first-order valence-corrected chi connectivity index (χ1v) is 6.44. The van der Waals surface area contributed by atoms with Crippen LogP contribution in [0.15, 0.2) is 23.1 Å². The van der Waals surface area contributed by atoms with Gasteiger partial charge in [0.15, 0.2) is 6.19 Å². The Morgan fingerprint density at radius 3 is 2.89 bits per heavy atom. The third kappa shape index (κ3) is 4.48. The second-order valence-corrected chi connectivity index (χ2v) is 4.64. The van der Waals surface area contributed by atoms with Gasteiger partial charge in [-0.2, -0.15) is 5.26 Å². The molecular weight excluding hydrogens is 268 g/mol. The largest absolute Gasteiger partial charge is 0.332 e. The summed E-state index contributed by atoms with van der Waals surface area (Å²) in [6.45, 7) is 2.03. The van der Waals surface area contributed by atoms with Crippen LogP contribution in [0.2, 0.25) is 0 Å². The highest BCUT2D eigenvalue weighted by Gasteiger charge is 2.16. The summed E-state index contributed by atoms with van der Waals surface area (Å²) >= 11 is 1.54. The number of nitrogens with one attached hydrogen (secondary N) is 2. The molecule has 0 aliphatic heterocycles. The topological polar surface area (TPSA) is 108 Å². The zero-order valence-electron chi connectivity index (χ0n) is 10.2. The Bertz CT molecular complexity index is 527. The molecule has 2 N–H and O–H groups in total. The summed E-state index contributed by atoms with van der Waals surface area (Å²) < 4.78 is 0. The molecule has 0 aliphatic carbocycles. The van der Waals surface area contributed by atoms with Crippen LogP contribution in [0.3, 0.4) is 0 Å². The fourth-order valence-corrected chi connectivity index (χ4v) is 2.09. The lowest BCUT2D eigenvalue weighted by molar-refractivity contribution is -0.384. The summed E-state index contributed by atoms with van der Waals surface area (Å²) in [6.07, 6.45) is 2.42. The fraction of sp³-hybridized carbons (Fsp3) is 0.273. The summed E-state index contributed by atoms with van der Waals surface area (Å²) in [7, 11) is 0. The molecule has 1 aromatic rings. The SMILES string of the molecule is CCCSc1ccc([N+](=O)[O-])c(NC(=O)NC#N)c1. The van der Waals surface area contributed by atoms with E-state index in [-0.39, 0.29) is 11.4 Å². The molecule has 0 atom stereocenters. The Morgan fingerprint density at radius 2 is 2.32 bits per heavy atom. The highest BCUT2D eigenvalue weighted by Crippen LogP contribution is 2.30. The van der Waals surface area contributed by atoms with Crippen molar-refractivity contribution in [3.05, 3.63) is 28.3 Å². The van der Waals surface area contributed by atoms with Crippen LogP contribution in [-0.4, -0.2) is 16.7 Å². The fourth-order valence-electron chi connectivity index (χ4n) is 1.29. The molecule has 0 unspecified atom stereocenters. The number of thioether (sulfide) groups is 1. The number of carbonyl (C=O) groups excluding carboxylic acids is 1. The van der Waals surface area contributed by atoms with E-state index < -0.39 is 11.0 Å². The van der Waals surface area contributed by atoms with Crippen LogP contribution >= 0.6 is 11.8 Å². The van der Waals surface area contributed by atoms with Crippen LogP contribution in [0.1, 0.15) is 13.3 Å². The van der Waals surface area contributed by atoms with E-state index in [1.807, 2.05) is 12.2 Å². The second kappa shape index (κ2) is 7.23. The van der Waals surface area contributed by atoms with Crippen molar-refractivity contribution in [1.29, 1.82) is 5.26 Å². The molecule has 0 saturated carbocycles. The normalized spacial score (nSPS) is 9.47. The molecule has 0 bridgehead atoms. The van der Waals surface area contributed by atoms with Gasteiger partial charge >= 0.3 is 6.03 Å². The summed E-state index contributed by atoms with van der Waals surface area (Å²) in [5, 5.41) is 23.3. The highest BCUT2D eigenvalue weighted by atomic mass is 32.2. The Balaban J connectivity index is 2.98. The zero-order valence-corrected chi connectivity index (χ0v) is 11.0. The van der Waals surface area contributed by atoms with Gasteiger partial charge in [0.1, 0.15) is 5.69 Å². The van der Waals surface area contributed by atoms with E-state index in [1.54, 1.807) is 6.07 Å². The minimum absolute atomic E-state index is 0.0684. The molecular formula is C11H12N4O3S. The molecule has 0 aromatic heterocycles. The molecule has 19 heavy (non-hydrogen) atoms. The molecule has 8 heteroatoms. The molecule has 2 amide bonds. The summed E-state index contributed by atoms with van der Waals surface area (Å²) in [6, 6.07) is 3.68. The lowest BCUT2D eigenvalue weighted by atomic mass is 10.2. The zero-order chi connectivity index (χ0) is 14.3. The van der Waals surface area contributed by atoms with E-state index in [9.17, 15) is 14.9 Å². The number of nitro groups is 1. The molecule has 0 saturated heterocycles. The van der Waals surface area contributed by atoms with Gasteiger partial charge in [0, 0.05) is 11.0 Å². The van der Waals surface area contributed by atoms with Gasteiger partial charge in [-0.05, 0) is 24.3 Å². The average molecular weight is 280 g/mol. The monoisotopic (exact) mass is 280 g/mol. The van der Waals surface area contributed by atoms with Crippen molar-refractivity contribution in [2.24, 2.45) is 0 Å². The Morgan fingerprint density at radius 1 is 1.58 bits per heavy atom. The van der Waals surface area contributed by atoms with Gasteiger partial charge in [0.05, 0.1) is 4.92 Å². The number of nitriles is 1. The van der Waals surface area contributed by atoms with Crippen molar-refractivity contribution < 1.29 is 9.72 Å². The van der Waals surface area contributed by atoms with Gasteiger partial charge in [-0.15, -0.1) is 11.8 Å². The Hall–Kier alpha value is -2.27. The van der Waals surface area contributed by atoms with Crippen LogP contribution in [0.5, 0.6) is 0 Å². The first kappa shape index (κ1) is 14.8. The van der Waals surface area contributed by atoms with Gasteiger partial charge in [-0.25, -0.2) is 10.1 Å². The van der Waals surface area contributed by atoms with Crippen molar-refractivity contribution in [1.82, 2.24) is 5.32 Å². The Labute approximate surface area is 114 Å². The smallest absolute Gasteiger partial charge is 0.301 e. The van der Waals surface area contributed by atoms with Crippen LogP contribution in [-0.2, 0) is 0 Å². The molecule has 1 aromatic carbocycles. The van der Waals surface area contributed by atoms with Crippen LogP contribution in [0.4, 0.5) is 16.2 Å². The predicted molar refractivity (Wildman–Crippen MR) is 71.9 cm³/mol. The maximum atomic E-state index is 11.2. The second-order valence-electron chi connectivity index (χ2n) is 3.48. The number of rotatable bonds is 5. The third-order valence-electron chi connectivity index (χ3n) is 2.06. The van der Waals surface area contributed by atoms with Crippen LogP contribution < -0.4 is 10.6 Å². The van der Waals surface area contributed by atoms with E-state index in [0.717, 1.165) is 17.1 Å². The summed E-state index contributed by atoms with van der Waals surface area (Å²) in [4.78, 5) is 22.3. The number of urea groups is 1. The number of hydrogen-bond acceptors (Lipinski definition) is 5. The van der Waals surface area contributed by atoms with E-state index >= 15 is 0 Å². The molecule has 0 heterocycles. The maximum absolute atomic E-state index is 11.2. The summed E-state index contributed by atoms with van der Waals surface area (Å²) in [5.74, 6) is 0.877. The van der Waals surface area contributed by atoms with Crippen molar-refractivity contribution in [2.45, 2.75) is 18.2 Å². The van der Waals surface area contributed by atoms with Crippen molar-refractivity contribution >= 4 is 29.2 Å². The standard InChI is InChI=1S/C11H12N4O3S/c1-2-5-19-8-3-4-10(15(17)18)9(6-8)14-11(16)13-7-12/h3-4,6H,2,5H2,1H3,(H2,13,14,16). The first-order valence-electron chi connectivity index (χ1n) is 5.45. The van der Waals surface area contributed by atoms with Gasteiger partial charge in [0.2, 0.25) is 0 Å². The van der Waals surface area contributed by atoms with Crippen molar-refractivity contribution in [2.75, 3.05) is 11.1 Å². The average Bonchev–Trinajstić information content (AvgIpc) is 2.36. The van der Waals surface area contributed by atoms with E-state index in [0.29, 0.717) is 0 Å². The molecule has 0 aliphatic rings. The number of hydrogen-bond donors (Lipinski definition) is 2. The number of anilines is 1. The van der Waals surface area contributed by atoms with E-state index in [4.69, 9.17) is 5.26 Å². The van der Waals surface area contributed by atoms with Crippen molar-refractivity contribution in [3.63, 3.8) is 0 Å². The van der Waals surface area contributed by atoms with Gasteiger partial charge in [-0.3, -0.25) is 10.1 Å². The lowest BCUT2D eigenvalue weighted by Crippen LogP contribution is -2.24. The summed E-state index contributed by atoms with van der Waals surface area (Å²) in [5.41, 5.74) is -0.146. The number of nitrogens with zero attached hydrogens (tertiary/aromatic N) is 2. The number of carbonyl (C=O) groups is 1. The molecule has 0 radical (unpaired) electrons. The van der Waals surface area contributed by atoms with E-state index in [1.165, 1.54) is 30.1 Å². The number of nitro benzene ring substituents is 1. The predicted octanol–water partition coefficient (Wildman–Crippen LogP) is 2.70. The Kier molecular flexibility index (Phi) is 5.63. The molecule has 7 nitrogen and oxygen atoms in total. The molecule has 0 spiro atoms. The minimum atomic E-state index is -0.803. The lowest BCUT2D eigenvalue weighted by Gasteiger charge is -2.06.